The number of hydrogen-bond acceptors (Lipinski definition) is 2. The standard InChI is InChI=1S/C14H21NO2/c1-3-11-6-7-12(17-11)13(16)15-10-14(2)8-4-5-9-14/h6-7H,3-5,8-10H2,1-2H3,(H,15,16). The number of aryl methyl sites for hydroxylation is 1. The summed E-state index contributed by atoms with van der Waals surface area (Å²) in [6.45, 7) is 5.02. The highest BCUT2D eigenvalue weighted by Crippen LogP contribution is 2.36. The molecule has 1 aliphatic rings. The van der Waals surface area contributed by atoms with Gasteiger partial charge in [0, 0.05) is 13.0 Å². The number of nitrogens with one attached hydrogen (secondary N) is 1. The zero-order chi connectivity index (χ0) is 12.3. The Labute approximate surface area is 103 Å². The molecule has 3 heteroatoms. The minimum Gasteiger partial charge on any atom is -0.456 e. The summed E-state index contributed by atoms with van der Waals surface area (Å²) >= 11 is 0. The van der Waals surface area contributed by atoms with Crippen LogP contribution in [0.1, 0.15) is 55.8 Å². The van der Waals surface area contributed by atoms with Crippen LogP contribution >= 0.6 is 0 Å². The Balaban J connectivity index is 1.88. The maximum absolute atomic E-state index is 11.9. The zero-order valence-electron chi connectivity index (χ0n) is 10.7. The van der Waals surface area contributed by atoms with Crippen LogP contribution in [0.4, 0.5) is 0 Å². The van der Waals surface area contributed by atoms with Crippen LogP contribution in [0.3, 0.4) is 0 Å². The lowest BCUT2D eigenvalue weighted by atomic mass is 9.89. The fourth-order valence-electron chi connectivity index (χ4n) is 2.48. The summed E-state index contributed by atoms with van der Waals surface area (Å²) < 4.78 is 5.43. The van der Waals surface area contributed by atoms with Crippen molar-refractivity contribution in [2.24, 2.45) is 5.41 Å². The van der Waals surface area contributed by atoms with Gasteiger partial charge in [-0.15, -0.1) is 0 Å². The van der Waals surface area contributed by atoms with Crippen LogP contribution in [0.5, 0.6) is 0 Å². The van der Waals surface area contributed by atoms with Crippen molar-refractivity contribution in [3.05, 3.63) is 23.7 Å². The average Bonchev–Trinajstić information content (AvgIpc) is 2.95. The van der Waals surface area contributed by atoms with Gasteiger partial charge < -0.3 is 9.73 Å². The fourth-order valence-corrected chi connectivity index (χ4v) is 2.48. The normalized spacial score (nSPS) is 18.2. The van der Waals surface area contributed by atoms with Gasteiger partial charge in [-0.25, -0.2) is 0 Å². The van der Waals surface area contributed by atoms with Crippen molar-refractivity contribution in [2.45, 2.75) is 46.0 Å². The highest BCUT2D eigenvalue weighted by Gasteiger charge is 2.29. The monoisotopic (exact) mass is 235 g/mol. The van der Waals surface area contributed by atoms with Gasteiger partial charge in [-0.1, -0.05) is 26.7 Å². The third kappa shape index (κ3) is 2.90. The molecule has 1 aromatic rings. The average molecular weight is 235 g/mol. The van der Waals surface area contributed by atoms with Gasteiger partial charge in [-0.2, -0.15) is 0 Å². The van der Waals surface area contributed by atoms with E-state index in [9.17, 15) is 4.79 Å². The van der Waals surface area contributed by atoms with Crippen LogP contribution in [0.25, 0.3) is 0 Å². The Morgan fingerprint density at radius 1 is 1.41 bits per heavy atom. The molecule has 0 saturated heterocycles. The van der Waals surface area contributed by atoms with Crippen molar-refractivity contribution < 1.29 is 9.21 Å². The minimum absolute atomic E-state index is 0.0853. The fraction of sp³-hybridized carbons (Fsp3) is 0.643. The van der Waals surface area contributed by atoms with E-state index < -0.39 is 0 Å². The minimum atomic E-state index is -0.0853. The number of rotatable bonds is 4. The van der Waals surface area contributed by atoms with Crippen LogP contribution in [0.2, 0.25) is 0 Å². The van der Waals surface area contributed by atoms with Crippen molar-refractivity contribution in [1.82, 2.24) is 5.32 Å². The smallest absolute Gasteiger partial charge is 0.287 e. The summed E-state index contributed by atoms with van der Waals surface area (Å²) in [7, 11) is 0. The maximum atomic E-state index is 11.9. The number of hydrogen-bond donors (Lipinski definition) is 1. The molecule has 1 aromatic heterocycles. The second kappa shape index (κ2) is 4.94. The molecule has 2 rings (SSSR count). The number of amides is 1. The highest BCUT2D eigenvalue weighted by molar-refractivity contribution is 5.91. The third-order valence-corrected chi connectivity index (χ3v) is 3.72. The molecule has 3 nitrogen and oxygen atoms in total. The molecule has 1 fully saturated rings. The predicted molar refractivity (Wildman–Crippen MR) is 67.0 cm³/mol. The Morgan fingerprint density at radius 3 is 2.71 bits per heavy atom. The first-order valence-corrected chi connectivity index (χ1v) is 6.50. The Kier molecular flexibility index (Phi) is 3.55. The second-order valence-corrected chi connectivity index (χ2v) is 5.32. The van der Waals surface area contributed by atoms with Crippen molar-refractivity contribution in [3.63, 3.8) is 0 Å². The van der Waals surface area contributed by atoms with Crippen LogP contribution in [0, 0.1) is 5.41 Å². The topological polar surface area (TPSA) is 42.2 Å². The Morgan fingerprint density at radius 2 is 2.12 bits per heavy atom. The van der Waals surface area contributed by atoms with Gasteiger partial charge in [0.25, 0.3) is 5.91 Å². The van der Waals surface area contributed by atoms with E-state index in [1.165, 1.54) is 25.7 Å². The van der Waals surface area contributed by atoms with Crippen LogP contribution < -0.4 is 5.32 Å². The molecule has 0 aliphatic heterocycles. The second-order valence-electron chi connectivity index (χ2n) is 5.32. The maximum Gasteiger partial charge on any atom is 0.287 e. The number of carbonyl (C=O) groups is 1. The molecular weight excluding hydrogens is 214 g/mol. The molecule has 17 heavy (non-hydrogen) atoms. The van der Waals surface area contributed by atoms with E-state index in [4.69, 9.17) is 4.42 Å². The van der Waals surface area contributed by atoms with E-state index in [2.05, 4.69) is 12.2 Å². The number of furan rings is 1. The first kappa shape index (κ1) is 12.2. The van der Waals surface area contributed by atoms with E-state index in [1.807, 2.05) is 13.0 Å². The summed E-state index contributed by atoms with van der Waals surface area (Å²) in [6.07, 6.45) is 5.82. The summed E-state index contributed by atoms with van der Waals surface area (Å²) in [6, 6.07) is 3.62. The molecule has 0 radical (unpaired) electrons. The molecule has 94 valence electrons. The Hall–Kier alpha value is -1.25. The molecule has 0 aromatic carbocycles. The summed E-state index contributed by atoms with van der Waals surface area (Å²) in [5.41, 5.74) is 0.288. The first-order chi connectivity index (χ1) is 8.13. The molecule has 1 N–H and O–H groups in total. The quantitative estimate of drug-likeness (QED) is 0.871. The lowest BCUT2D eigenvalue weighted by Gasteiger charge is -2.23. The third-order valence-electron chi connectivity index (χ3n) is 3.72. The summed E-state index contributed by atoms with van der Waals surface area (Å²) in [4.78, 5) is 11.9. The van der Waals surface area contributed by atoms with Gasteiger partial charge in [0.15, 0.2) is 5.76 Å². The lowest BCUT2D eigenvalue weighted by molar-refractivity contribution is 0.0904. The van der Waals surface area contributed by atoms with E-state index in [-0.39, 0.29) is 11.3 Å². The van der Waals surface area contributed by atoms with Gasteiger partial charge in [0.2, 0.25) is 0 Å². The largest absolute Gasteiger partial charge is 0.456 e. The Bertz CT molecular complexity index is 389. The summed E-state index contributed by atoms with van der Waals surface area (Å²) in [5, 5.41) is 2.99. The van der Waals surface area contributed by atoms with Crippen molar-refractivity contribution >= 4 is 5.91 Å². The lowest BCUT2D eigenvalue weighted by Crippen LogP contribution is -2.33. The van der Waals surface area contributed by atoms with E-state index in [0.717, 1.165) is 18.7 Å². The number of carbonyl (C=O) groups excluding carboxylic acids is 1. The van der Waals surface area contributed by atoms with Crippen molar-refractivity contribution in [3.8, 4) is 0 Å². The van der Waals surface area contributed by atoms with Gasteiger partial charge in [0.1, 0.15) is 5.76 Å². The molecule has 0 spiro atoms. The molecule has 1 aliphatic carbocycles. The van der Waals surface area contributed by atoms with Crippen LogP contribution in [-0.4, -0.2) is 12.5 Å². The van der Waals surface area contributed by atoms with E-state index in [1.54, 1.807) is 6.07 Å². The van der Waals surface area contributed by atoms with Crippen molar-refractivity contribution in [2.75, 3.05) is 6.54 Å². The first-order valence-electron chi connectivity index (χ1n) is 6.50. The molecule has 0 bridgehead atoms. The zero-order valence-corrected chi connectivity index (χ0v) is 10.7. The highest BCUT2D eigenvalue weighted by atomic mass is 16.3. The molecule has 0 atom stereocenters. The van der Waals surface area contributed by atoms with E-state index in [0.29, 0.717) is 5.76 Å². The molecule has 1 amide bonds. The van der Waals surface area contributed by atoms with Gasteiger partial charge in [-0.3, -0.25) is 4.79 Å². The van der Waals surface area contributed by atoms with Crippen molar-refractivity contribution in [1.29, 1.82) is 0 Å². The summed E-state index contributed by atoms with van der Waals surface area (Å²) in [5.74, 6) is 1.21. The van der Waals surface area contributed by atoms with Crippen LogP contribution in [0.15, 0.2) is 16.5 Å². The van der Waals surface area contributed by atoms with Gasteiger partial charge in [-0.05, 0) is 30.4 Å². The molecular formula is C14H21NO2. The SMILES string of the molecule is CCc1ccc(C(=O)NCC2(C)CCCC2)o1. The van der Waals surface area contributed by atoms with Gasteiger partial charge in [0.05, 0.1) is 0 Å². The van der Waals surface area contributed by atoms with E-state index >= 15 is 0 Å². The molecule has 1 saturated carbocycles. The van der Waals surface area contributed by atoms with Crippen LogP contribution in [-0.2, 0) is 6.42 Å². The molecule has 0 unspecified atom stereocenters. The predicted octanol–water partition coefficient (Wildman–Crippen LogP) is 3.15. The van der Waals surface area contributed by atoms with Gasteiger partial charge >= 0.3 is 0 Å². The molecule has 1 heterocycles.